The Kier molecular flexibility index (Phi) is 4.93. The SMILES string of the molecule is COc1cc(CCCc2ccc(O)cc2O)cc(OC)c1. The van der Waals surface area contributed by atoms with E-state index in [1.54, 1.807) is 26.4 Å². The third-order valence-electron chi connectivity index (χ3n) is 3.39. The van der Waals surface area contributed by atoms with Crippen LogP contribution in [0.15, 0.2) is 36.4 Å². The Morgan fingerprint density at radius 2 is 1.52 bits per heavy atom. The first kappa shape index (κ1) is 15.0. The molecule has 4 heteroatoms. The van der Waals surface area contributed by atoms with E-state index >= 15 is 0 Å². The first-order valence-electron chi connectivity index (χ1n) is 6.85. The Morgan fingerprint density at radius 1 is 0.857 bits per heavy atom. The van der Waals surface area contributed by atoms with Crippen molar-refractivity contribution >= 4 is 0 Å². The molecule has 0 spiro atoms. The van der Waals surface area contributed by atoms with E-state index in [1.807, 2.05) is 18.2 Å². The van der Waals surface area contributed by atoms with Gasteiger partial charge >= 0.3 is 0 Å². The zero-order valence-corrected chi connectivity index (χ0v) is 12.3. The Hall–Kier alpha value is -2.36. The predicted molar refractivity (Wildman–Crippen MR) is 81.3 cm³/mol. The molecule has 0 bridgehead atoms. The Morgan fingerprint density at radius 3 is 2.10 bits per heavy atom. The van der Waals surface area contributed by atoms with Crippen LogP contribution < -0.4 is 9.47 Å². The molecular weight excluding hydrogens is 268 g/mol. The van der Waals surface area contributed by atoms with Gasteiger partial charge in [0, 0.05) is 12.1 Å². The van der Waals surface area contributed by atoms with Crippen molar-refractivity contribution in [3.05, 3.63) is 47.5 Å². The summed E-state index contributed by atoms with van der Waals surface area (Å²) < 4.78 is 10.5. The van der Waals surface area contributed by atoms with Crippen LogP contribution in [0, 0.1) is 0 Å². The predicted octanol–water partition coefficient (Wildman–Crippen LogP) is 3.29. The van der Waals surface area contributed by atoms with Gasteiger partial charge in [-0.15, -0.1) is 0 Å². The maximum Gasteiger partial charge on any atom is 0.122 e. The lowest BCUT2D eigenvalue weighted by Crippen LogP contribution is -1.94. The molecule has 0 aliphatic heterocycles. The summed E-state index contributed by atoms with van der Waals surface area (Å²) >= 11 is 0. The second kappa shape index (κ2) is 6.88. The minimum Gasteiger partial charge on any atom is -0.508 e. The number of aromatic hydroxyl groups is 2. The standard InChI is InChI=1S/C17H20O4/c1-20-15-8-12(9-16(11-15)21-2)4-3-5-13-6-7-14(18)10-17(13)19/h6-11,18-19H,3-5H2,1-2H3. The molecule has 0 saturated carbocycles. The zero-order valence-electron chi connectivity index (χ0n) is 12.3. The first-order valence-corrected chi connectivity index (χ1v) is 6.85. The third kappa shape index (κ3) is 4.05. The Labute approximate surface area is 124 Å². The molecule has 112 valence electrons. The zero-order chi connectivity index (χ0) is 15.2. The number of phenols is 2. The Balaban J connectivity index is 1.99. The van der Waals surface area contributed by atoms with Gasteiger partial charge in [0.2, 0.25) is 0 Å². The van der Waals surface area contributed by atoms with Crippen molar-refractivity contribution in [1.29, 1.82) is 0 Å². The van der Waals surface area contributed by atoms with E-state index in [2.05, 4.69) is 0 Å². The van der Waals surface area contributed by atoms with Crippen molar-refractivity contribution in [3.63, 3.8) is 0 Å². The number of aryl methyl sites for hydroxylation is 2. The molecule has 0 amide bonds. The summed E-state index contributed by atoms with van der Waals surface area (Å²) in [6.45, 7) is 0. The maximum atomic E-state index is 9.75. The number of rotatable bonds is 6. The van der Waals surface area contributed by atoms with Gasteiger partial charge < -0.3 is 19.7 Å². The van der Waals surface area contributed by atoms with Crippen LogP contribution in [0.5, 0.6) is 23.0 Å². The van der Waals surface area contributed by atoms with Crippen molar-refractivity contribution in [3.8, 4) is 23.0 Å². The monoisotopic (exact) mass is 288 g/mol. The molecule has 0 heterocycles. The first-order chi connectivity index (χ1) is 10.1. The van der Waals surface area contributed by atoms with Crippen LogP contribution in [-0.2, 0) is 12.8 Å². The minimum absolute atomic E-state index is 0.0776. The number of hydrogen-bond acceptors (Lipinski definition) is 4. The molecular formula is C17H20O4. The highest BCUT2D eigenvalue weighted by Gasteiger charge is 2.05. The van der Waals surface area contributed by atoms with E-state index in [9.17, 15) is 10.2 Å². The van der Waals surface area contributed by atoms with E-state index in [1.165, 1.54) is 6.07 Å². The molecule has 4 nitrogen and oxygen atoms in total. The number of ether oxygens (including phenoxy) is 2. The second-order valence-corrected chi connectivity index (χ2v) is 4.89. The van der Waals surface area contributed by atoms with Crippen molar-refractivity contribution in [1.82, 2.24) is 0 Å². The largest absolute Gasteiger partial charge is 0.508 e. The van der Waals surface area contributed by atoms with Crippen LogP contribution >= 0.6 is 0 Å². The van der Waals surface area contributed by atoms with Gasteiger partial charge in [-0.25, -0.2) is 0 Å². The molecule has 0 fully saturated rings. The van der Waals surface area contributed by atoms with Crippen LogP contribution in [0.1, 0.15) is 17.5 Å². The fourth-order valence-electron chi connectivity index (χ4n) is 2.26. The lowest BCUT2D eigenvalue weighted by molar-refractivity contribution is 0.393. The average Bonchev–Trinajstić information content (AvgIpc) is 2.49. The molecule has 2 aromatic carbocycles. The van der Waals surface area contributed by atoms with Crippen molar-refractivity contribution in [2.24, 2.45) is 0 Å². The van der Waals surface area contributed by atoms with Gasteiger partial charge in [0.05, 0.1) is 14.2 Å². The average molecular weight is 288 g/mol. The summed E-state index contributed by atoms with van der Waals surface area (Å²) in [5.41, 5.74) is 1.96. The molecule has 2 rings (SSSR count). The van der Waals surface area contributed by atoms with E-state index in [4.69, 9.17) is 9.47 Å². The summed E-state index contributed by atoms with van der Waals surface area (Å²) in [6, 6.07) is 10.5. The lowest BCUT2D eigenvalue weighted by atomic mass is 10.0. The number of benzene rings is 2. The Bertz CT molecular complexity index is 585. The number of hydrogen-bond donors (Lipinski definition) is 2. The van der Waals surface area contributed by atoms with Gasteiger partial charge in [-0.1, -0.05) is 6.07 Å². The number of phenolic OH excluding ortho intramolecular Hbond substituents is 2. The molecule has 0 unspecified atom stereocenters. The topological polar surface area (TPSA) is 58.9 Å². The fraction of sp³-hybridized carbons (Fsp3) is 0.294. The lowest BCUT2D eigenvalue weighted by Gasteiger charge is -2.09. The van der Waals surface area contributed by atoms with Crippen LogP contribution in [-0.4, -0.2) is 24.4 Å². The molecule has 0 saturated heterocycles. The molecule has 2 N–H and O–H groups in total. The van der Waals surface area contributed by atoms with E-state index in [0.29, 0.717) is 0 Å². The van der Waals surface area contributed by atoms with E-state index in [-0.39, 0.29) is 11.5 Å². The van der Waals surface area contributed by atoms with Crippen molar-refractivity contribution in [2.45, 2.75) is 19.3 Å². The van der Waals surface area contributed by atoms with E-state index < -0.39 is 0 Å². The molecule has 2 aromatic rings. The molecule has 0 radical (unpaired) electrons. The highest BCUT2D eigenvalue weighted by Crippen LogP contribution is 2.26. The van der Waals surface area contributed by atoms with Crippen LogP contribution in [0.25, 0.3) is 0 Å². The summed E-state index contributed by atoms with van der Waals surface area (Å²) in [6.07, 6.45) is 2.48. The summed E-state index contributed by atoms with van der Waals surface area (Å²) in [7, 11) is 3.26. The van der Waals surface area contributed by atoms with Crippen LogP contribution in [0.3, 0.4) is 0 Å². The van der Waals surface area contributed by atoms with Crippen LogP contribution in [0.4, 0.5) is 0 Å². The third-order valence-corrected chi connectivity index (χ3v) is 3.39. The molecule has 0 aromatic heterocycles. The van der Waals surface area contributed by atoms with Gasteiger partial charge in [0.1, 0.15) is 23.0 Å². The summed E-state index contributed by atoms with van der Waals surface area (Å²) in [5, 5.41) is 19.0. The van der Waals surface area contributed by atoms with Gasteiger partial charge in [-0.3, -0.25) is 0 Å². The molecule has 21 heavy (non-hydrogen) atoms. The second-order valence-electron chi connectivity index (χ2n) is 4.89. The molecule has 0 aliphatic carbocycles. The smallest absolute Gasteiger partial charge is 0.122 e. The molecule has 0 atom stereocenters. The van der Waals surface area contributed by atoms with E-state index in [0.717, 1.165) is 41.9 Å². The van der Waals surface area contributed by atoms with Gasteiger partial charge in [0.15, 0.2) is 0 Å². The fourth-order valence-corrected chi connectivity index (χ4v) is 2.26. The normalized spacial score (nSPS) is 10.4. The highest BCUT2D eigenvalue weighted by atomic mass is 16.5. The van der Waals surface area contributed by atoms with Crippen LogP contribution in [0.2, 0.25) is 0 Å². The summed E-state index contributed by atoms with van der Waals surface area (Å²) in [4.78, 5) is 0. The molecule has 0 aliphatic rings. The van der Waals surface area contributed by atoms with Gasteiger partial charge in [0.25, 0.3) is 0 Å². The van der Waals surface area contributed by atoms with Gasteiger partial charge in [-0.2, -0.15) is 0 Å². The minimum atomic E-state index is 0.0776. The van der Waals surface area contributed by atoms with Crippen molar-refractivity contribution < 1.29 is 19.7 Å². The van der Waals surface area contributed by atoms with Gasteiger partial charge in [-0.05, 0) is 48.6 Å². The quantitative estimate of drug-likeness (QED) is 0.856. The highest BCUT2D eigenvalue weighted by molar-refractivity contribution is 5.40. The number of methoxy groups -OCH3 is 2. The maximum absolute atomic E-state index is 9.75. The summed E-state index contributed by atoms with van der Waals surface area (Å²) in [5.74, 6) is 1.76. The van der Waals surface area contributed by atoms with Crippen molar-refractivity contribution in [2.75, 3.05) is 14.2 Å².